The summed E-state index contributed by atoms with van der Waals surface area (Å²) < 4.78 is 38.6. The van der Waals surface area contributed by atoms with Crippen molar-refractivity contribution in [3.8, 4) is 0 Å². The van der Waals surface area contributed by atoms with Crippen LogP contribution in [0.25, 0.3) is 0 Å². The molecule has 26 heavy (non-hydrogen) atoms. The zero-order chi connectivity index (χ0) is 19.2. The average molecular weight is 392 g/mol. The number of rotatable bonds is 6. The maximum atomic E-state index is 12.9. The number of nitrogens with zero attached hydrogens (tertiary/aromatic N) is 3. The molecule has 1 aliphatic carbocycles. The summed E-state index contributed by atoms with van der Waals surface area (Å²) in [5.74, 6) is 1.05. The van der Waals surface area contributed by atoms with Gasteiger partial charge in [-0.15, -0.1) is 0 Å². The molecule has 9 heteroatoms. The second-order valence-corrected chi connectivity index (χ2v) is 8.73. The molecule has 3 rings (SSSR count). The SMILES string of the molecule is CN=C/C(CC1CC2(C1)CN(N1CC(N)(CCS)C1)C2)=C(\N)C(F)(F)F. The van der Waals surface area contributed by atoms with E-state index < -0.39 is 11.9 Å². The molecule has 3 fully saturated rings. The number of hydrogen-bond donors (Lipinski definition) is 3. The standard InChI is InChI=1S/C17H28F3N5S/c1-23-7-13(14(21)17(18,19)20)4-12-5-15(6-12)8-24(9-15)25-10-16(22,11-25)2-3-26/h7,12,26H,2-6,8-11,21-22H2,1H3/b14-13-,23-7?. The van der Waals surface area contributed by atoms with E-state index in [9.17, 15) is 13.2 Å². The first-order valence-corrected chi connectivity index (χ1v) is 9.61. The molecule has 4 N–H and O–H groups in total. The summed E-state index contributed by atoms with van der Waals surface area (Å²) in [7, 11) is 1.47. The molecule has 2 saturated heterocycles. The molecular formula is C17H28F3N5S. The fourth-order valence-corrected chi connectivity index (χ4v) is 5.08. The molecule has 1 spiro atoms. The van der Waals surface area contributed by atoms with Gasteiger partial charge in [0.2, 0.25) is 0 Å². The van der Waals surface area contributed by atoms with Crippen molar-refractivity contribution in [1.82, 2.24) is 10.0 Å². The summed E-state index contributed by atoms with van der Waals surface area (Å²) in [5.41, 5.74) is 10.8. The van der Waals surface area contributed by atoms with E-state index in [4.69, 9.17) is 11.5 Å². The predicted molar refractivity (Wildman–Crippen MR) is 100.0 cm³/mol. The van der Waals surface area contributed by atoms with Crippen LogP contribution >= 0.6 is 12.6 Å². The van der Waals surface area contributed by atoms with Gasteiger partial charge < -0.3 is 11.5 Å². The van der Waals surface area contributed by atoms with E-state index >= 15 is 0 Å². The van der Waals surface area contributed by atoms with Gasteiger partial charge in [0.15, 0.2) is 0 Å². The minimum absolute atomic E-state index is 0.110. The molecule has 5 nitrogen and oxygen atoms in total. The van der Waals surface area contributed by atoms with Crippen molar-refractivity contribution in [1.29, 1.82) is 0 Å². The van der Waals surface area contributed by atoms with Crippen LogP contribution < -0.4 is 11.5 Å². The summed E-state index contributed by atoms with van der Waals surface area (Å²) >= 11 is 4.25. The predicted octanol–water partition coefficient (Wildman–Crippen LogP) is 1.81. The summed E-state index contributed by atoms with van der Waals surface area (Å²) in [6.45, 7) is 3.70. The third-order valence-corrected chi connectivity index (χ3v) is 6.15. The van der Waals surface area contributed by atoms with Crippen LogP contribution in [0.5, 0.6) is 0 Å². The number of nitrogens with two attached hydrogens (primary N) is 2. The number of halogens is 3. The minimum Gasteiger partial charge on any atom is -0.394 e. The third-order valence-electron chi connectivity index (χ3n) is 5.93. The molecule has 1 saturated carbocycles. The zero-order valence-electron chi connectivity index (χ0n) is 15.1. The Kier molecular flexibility index (Phi) is 5.38. The average Bonchev–Trinajstić information content (AvgIpc) is 2.43. The lowest BCUT2D eigenvalue weighted by Gasteiger charge is -2.65. The Morgan fingerprint density at radius 1 is 1.23 bits per heavy atom. The zero-order valence-corrected chi connectivity index (χ0v) is 16.0. The van der Waals surface area contributed by atoms with Crippen LogP contribution in [0.3, 0.4) is 0 Å². The Labute approximate surface area is 158 Å². The smallest absolute Gasteiger partial charge is 0.394 e. The molecule has 2 aliphatic heterocycles. The van der Waals surface area contributed by atoms with Crippen LogP contribution in [0.4, 0.5) is 13.2 Å². The Morgan fingerprint density at radius 3 is 2.31 bits per heavy atom. The van der Waals surface area contributed by atoms with Crippen LogP contribution in [0.1, 0.15) is 25.7 Å². The van der Waals surface area contributed by atoms with Gasteiger partial charge in [-0.3, -0.25) is 4.99 Å². The van der Waals surface area contributed by atoms with Crippen molar-refractivity contribution in [2.24, 2.45) is 27.8 Å². The first kappa shape index (κ1) is 20.0. The quantitative estimate of drug-likeness (QED) is 0.477. The van der Waals surface area contributed by atoms with Crippen molar-refractivity contribution in [3.05, 3.63) is 11.3 Å². The maximum absolute atomic E-state index is 12.9. The molecule has 0 aromatic carbocycles. The van der Waals surface area contributed by atoms with Crippen molar-refractivity contribution < 1.29 is 13.2 Å². The largest absolute Gasteiger partial charge is 0.431 e. The Balaban J connectivity index is 1.46. The summed E-state index contributed by atoms with van der Waals surface area (Å²) in [6, 6.07) is 0. The fourth-order valence-electron chi connectivity index (χ4n) is 4.64. The van der Waals surface area contributed by atoms with E-state index in [1.54, 1.807) is 0 Å². The fraction of sp³-hybridized carbons (Fsp3) is 0.824. The number of allylic oxidation sites excluding steroid dienone is 2. The van der Waals surface area contributed by atoms with Gasteiger partial charge in [-0.05, 0) is 48.3 Å². The summed E-state index contributed by atoms with van der Waals surface area (Å²) in [6.07, 6.45) is -0.0695. The van der Waals surface area contributed by atoms with E-state index in [-0.39, 0.29) is 22.4 Å². The molecule has 0 radical (unpaired) electrons. The van der Waals surface area contributed by atoms with E-state index in [0.717, 1.165) is 51.2 Å². The second-order valence-electron chi connectivity index (χ2n) is 8.28. The van der Waals surface area contributed by atoms with Gasteiger partial charge in [0.25, 0.3) is 0 Å². The van der Waals surface area contributed by atoms with Gasteiger partial charge in [0.05, 0.1) is 0 Å². The molecule has 3 aliphatic rings. The molecule has 0 unspecified atom stereocenters. The summed E-state index contributed by atoms with van der Waals surface area (Å²) in [4.78, 5) is 3.74. The molecule has 0 atom stereocenters. The van der Waals surface area contributed by atoms with Gasteiger partial charge in [-0.1, -0.05) is 0 Å². The molecule has 2 heterocycles. The van der Waals surface area contributed by atoms with Crippen LogP contribution in [0, 0.1) is 11.3 Å². The molecule has 0 amide bonds. The topological polar surface area (TPSA) is 70.9 Å². The van der Waals surface area contributed by atoms with Gasteiger partial charge in [-0.2, -0.15) is 25.8 Å². The first-order chi connectivity index (χ1) is 12.1. The molecular weight excluding hydrogens is 363 g/mol. The number of aliphatic imine (C=N–C) groups is 1. The van der Waals surface area contributed by atoms with Gasteiger partial charge in [0, 0.05) is 45.0 Å². The highest BCUT2D eigenvalue weighted by Crippen LogP contribution is 2.54. The second kappa shape index (κ2) is 7.00. The number of alkyl halides is 3. The van der Waals surface area contributed by atoms with E-state index in [2.05, 4.69) is 27.6 Å². The summed E-state index contributed by atoms with van der Waals surface area (Å²) in [5, 5.41) is 4.62. The van der Waals surface area contributed by atoms with E-state index in [0.29, 0.717) is 6.42 Å². The lowest BCUT2D eigenvalue weighted by Crippen LogP contribution is -2.77. The van der Waals surface area contributed by atoms with Crippen LogP contribution in [-0.4, -0.2) is 66.9 Å². The van der Waals surface area contributed by atoms with Crippen LogP contribution in [-0.2, 0) is 0 Å². The highest BCUT2D eigenvalue weighted by atomic mass is 32.1. The lowest BCUT2D eigenvalue weighted by molar-refractivity contribution is -0.231. The van der Waals surface area contributed by atoms with Gasteiger partial charge >= 0.3 is 6.18 Å². The number of thiol groups is 1. The Morgan fingerprint density at radius 2 is 1.81 bits per heavy atom. The molecule has 0 aromatic heterocycles. The Bertz CT molecular complexity index is 584. The van der Waals surface area contributed by atoms with Crippen molar-refractivity contribution in [2.45, 2.75) is 37.4 Å². The van der Waals surface area contributed by atoms with E-state index in [1.807, 2.05) is 0 Å². The molecule has 148 valence electrons. The van der Waals surface area contributed by atoms with Crippen LogP contribution in [0.2, 0.25) is 0 Å². The highest BCUT2D eigenvalue weighted by Gasteiger charge is 2.56. The van der Waals surface area contributed by atoms with Crippen molar-refractivity contribution in [3.63, 3.8) is 0 Å². The third kappa shape index (κ3) is 3.90. The lowest BCUT2D eigenvalue weighted by atomic mass is 9.57. The van der Waals surface area contributed by atoms with E-state index in [1.165, 1.54) is 13.3 Å². The monoisotopic (exact) mass is 391 g/mol. The number of hydrogen-bond acceptors (Lipinski definition) is 6. The maximum Gasteiger partial charge on any atom is 0.431 e. The normalized spacial score (nSPS) is 27.2. The Hall–Kier alpha value is -0.770. The van der Waals surface area contributed by atoms with Crippen molar-refractivity contribution >= 4 is 18.8 Å². The first-order valence-electron chi connectivity index (χ1n) is 8.97. The van der Waals surface area contributed by atoms with Crippen molar-refractivity contribution in [2.75, 3.05) is 39.0 Å². The number of hydrazine groups is 1. The highest BCUT2D eigenvalue weighted by molar-refractivity contribution is 7.80. The van der Waals surface area contributed by atoms with Gasteiger partial charge in [-0.25, -0.2) is 10.0 Å². The minimum atomic E-state index is -4.50. The molecule has 0 bridgehead atoms. The van der Waals surface area contributed by atoms with Crippen LogP contribution in [0.15, 0.2) is 16.3 Å². The van der Waals surface area contributed by atoms with Gasteiger partial charge in [0.1, 0.15) is 5.70 Å². The molecule has 0 aromatic rings.